The second-order valence-corrected chi connectivity index (χ2v) is 14.6. The molecule has 1 atom stereocenters. The van der Waals surface area contributed by atoms with Crippen LogP contribution in [-0.2, 0) is 12.8 Å². The molecule has 1 unspecified atom stereocenters. The van der Waals surface area contributed by atoms with Gasteiger partial charge in [0.15, 0.2) is 0 Å². The smallest absolute Gasteiger partial charge is 0.0590 e. The minimum atomic E-state index is -1.45. The molecule has 0 fully saturated rings. The molecule has 0 radical (unpaired) electrons. The summed E-state index contributed by atoms with van der Waals surface area (Å²) >= 11 is 0. The molecule has 2 aromatic heterocycles. The fourth-order valence-electron chi connectivity index (χ4n) is 4.43. The Morgan fingerprint density at radius 2 is 1.58 bits per heavy atom. The summed E-state index contributed by atoms with van der Waals surface area (Å²) in [7, 11) is -1.45. The third kappa shape index (κ3) is 5.03. The van der Waals surface area contributed by atoms with E-state index in [1.165, 1.54) is 24.1 Å². The quantitative estimate of drug-likeness (QED) is 0.494. The van der Waals surface area contributed by atoms with Gasteiger partial charge in [0, 0.05) is 23.3 Å². The summed E-state index contributed by atoms with van der Waals surface area (Å²) in [4.78, 5) is 9.13. The standard InChI is InChI=1S/C23H36N2Si/c1-17(2)26(7,18(3)4)23(12-11-22-10-8-9-13-24-22)16-21-14-19(5)25-20(6)15-21/h8-10,13-15,17-18,23H,11-12,16H2,1-7H3. The van der Waals surface area contributed by atoms with Crippen molar-refractivity contribution >= 4 is 8.07 Å². The molecular weight excluding hydrogens is 332 g/mol. The lowest BCUT2D eigenvalue weighted by Crippen LogP contribution is -2.44. The van der Waals surface area contributed by atoms with E-state index in [4.69, 9.17) is 0 Å². The lowest BCUT2D eigenvalue weighted by Gasteiger charge is -2.43. The van der Waals surface area contributed by atoms with Crippen molar-refractivity contribution in [1.29, 1.82) is 0 Å². The second kappa shape index (κ2) is 8.94. The molecule has 2 rings (SSSR count). The third-order valence-corrected chi connectivity index (χ3v) is 13.7. The van der Waals surface area contributed by atoms with Gasteiger partial charge in [-0.15, -0.1) is 0 Å². The van der Waals surface area contributed by atoms with Crippen LogP contribution in [0.15, 0.2) is 36.5 Å². The van der Waals surface area contributed by atoms with E-state index < -0.39 is 8.07 Å². The van der Waals surface area contributed by atoms with Gasteiger partial charge in [0.1, 0.15) is 0 Å². The number of aromatic nitrogens is 2. The Morgan fingerprint density at radius 1 is 0.962 bits per heavy atom. The Labute approximate surface area is 161 Å². The molecular formula is C23H36N2Si. The number of hydrogen-bond acceptors (Lipinski definition) is 2. The summed E-state index contributed by atoms with van der Waals surface area (Å²) in [6, 6.07) is 10.9. The summed E-state index contributed by atoms with van der Waals surface area (Å²) in [5.41, 5.74) is 7.28. The van der Waals surface area contributed by atoms with Gasteiger partial charge in [-0.05, 0) is 68.5 Å². The number of hydrogen-bond donors (Lipinski definition) is 0. The van der Waals surface area contributed by atoms with E-state index >= 15 is 0 Å². The Hall–Kier alpha value is -1.48. The van der Waals surface area contributed by atoms with Crippen LogP contribution in [-0.4, -0.2) is 18.0 Å². The Balaban J connectivity index is 2.30. The first-order valence-electron chi connectivity index (χ1n) is 10.1. The van der Waals surface area contributed by atoms with Gasteiger partial charge in [-0.25, -0.2) is 0 Å². The molecule has 0 bridgehead atoms. The lowest BCUT2D eigenvalue weighted by atomic mass is 10.0. The summed E-state index contributed by atoms with van der Waals surface area (Å²) in [5.74, 6) is 0. The van der Waals surface area contributed by atoms with Crippen molar-refractivity contribution in [3.63, 3.8) is 0 Å². The van der Waals surface area contributed by atoms with E-state index in [1.807, 2.05) is 12.3 Å². The maximum atomic E-state index is 4.57. The van der Waals surface area contributed by atoms with E-state index in [0.717, 1.165) is 34.4 Å². The zero-order valence-corrected chi connectivity index (χ0v) is 18.7. The van der Waals surface area contributed by atoms with Gasteiger partial charge < -0.3 is 0 Å². The summed E-state index contributed by atoms with van der Waals surface area (Å²) in [6.45, 7) is 16.6. The molecule has 0 saturated carbocycles. The maximum Gasteiger partial charge on any atom is 0.0590 e. The van der Waals surface area contributed by atoms with E-state index in [9.17, 15) is 0 Å². The van der Waals surface area contributed by atoms with Crippen molar-refractivity contribution in [3.8, 4) is 0 Å². The fourth-order valence-corrected chi connectivity index (χ4v) is 9.09. The monoisotopic (exact) mass is 368 g/mol. The van der Waals surface area contributed by atoms with Crippen molar-refractivity contribution in [1.82, 2.24) is 9.97 Å². The molecule has 0 amide bonds. The van der Waals surface area contributed by atoms with Gasteiger partial charge in [0.2, 0.25) is 0 Å². The molecule has 2 aromatic rings. The highest BCUT2D eigenvalue weighted by molar-refractivity contribution is 6.82. The van der Waals surface area contributed by atoms with Crippen LogP contribution in [0.3, 0.4) is 0 Å². The molecule has 0 aromatic carbocycles. The van der Waals surface area contributed by atoms with Crippen molar-refractivity contribution in [2.24, 2.45) is 0 Å². The van der Waals surface area contributed by atoms with E-state index in [1.54, 1.807) is 0 Å². The van der Waals surface area contributed by atoms with Crippen LogP contribution >= 0.6 is 0 Å². The van der Waals surface area contributed by atoms with Crippen LogP contribution < -0.4 is 0 Å². The number of aryl methyl sites for hydroxylation is 3. The predicted molar refractivity (Wildman–Crippen MR) is 116 cm³/mol. The first kappa shape index (κ1) is 20.8. The van der Waals surface area contributed by atoms with E-state index in [2.05, 4.69) is 82.3 Å². The molecule has 142 valence electrons. The zero-order valence-electron chi connectivity index (χ0n) is 17.7. The van der Waals surface area contributed by atoms with Gasteiger partial charge in [-0.3, -0.25) is 9.97 Å². The molecule has 0 spiro atoms. The highest BCUT2D eigenvalue weighted by atomic mass is 28.3. The number of nitrogens with zero attached hydrogens (tertiary/aromatic N) is 2. The second-order valence-electron chi connectivity index (χ2n) is 8.69. The van der Waals surface area contributed by atoms with Gasteiger partial charge in [-0.2, -0.15) is 0 Å². The van der Waals surface area contributed by atoms with Crippen molar-refractivity contribution in [2.75, 3.05) is 0 Å². The Kier molecular flexibility index (Phi) is 7.16. The summed E-state index contributed by atoms with van der Waals surface area (Å²) < 4.78 is 0. The molecule has 26 heavy (non-hydrogen) atoms. The number of pyridine rings is 2. The SMILES string of the molecule is Cc1cc(CC(CCc2ccccn2)[Si](C)(C(C)C)C(C)C)cc(C)n1. The number of rotatable bonds is 8. The third-order valence-electron chi connectivity index (χ3n) is 6.47. The van der Waals surface area contributed by atoms with Gasteiger partial charge in [0.05, 0.1) is 8.07 Å². The van der Waals surface area contributed by atoms with Gasteiger partial charge in [-0.1, -0.05) is 51.4 Å². The van der Waals surface area contributed by atoms with Crippen LogP contribution in [0.2, 0.25) is 23.2 Å². The van der Waals surface area contributed by atoms with Crippen LogP contribution in [0.1, 0.15) is 56.8 Å². The first-order valence-corrected chi connectivity index (χ1v) is 12.8. The Morgan fingerprint density at radius 3 is 2.08 bits per heavy atom. The molecule has 2 heterocycles. The van der Waals surface area contributed by atoms with E-state index in [0.29, 0.717) is 0 Å². The molecule has 0 aliphatic carbocycles. The van der Waals surface area contributed by atoms with Crippen molar-refractivity contribution in [3.05, 3.63) is 59.2 Å². The average Bonchev–Trinajstić information content (AvgIpc) is 2.57. The normalized spacial score (nSPS) is 13.4. The van der Waals surface area contributed by atoms with Crippen LogP contribution in [0.5, 0.6) is 0 Å². The largest absolute Gasteiger partial charge is 0.261 e. The molecule has 0 saturated heterocycles. The first-order chi connectivity index (χ1) is 12.2. The molecule has 0 N–H and O–H groups in total. The average molecular weight is 369 g/mol. The minimum absolute atomic E-state index is 0.755. The van der Waals surface area contributed by atoms with Crippen molar-refractivity contribution in [2.45, 2.75) is 84.0 Å². The van der Waals surface area contributed by atoms with Crippen LogP contribution in [0, 0.1) is 13.8 Å². The highest BCUT2D eigenvalue weighted by Crippen LogP contribution is 2.45. The highest BCUT2D eigenvalue weighted by Gasteiger charge is 2.41. The van der Waals surface area contributed by atoms with Crippen LogP contribution in [0.25, 0.3) is 0 Å². The van der Waals surface area contributed by atoms with Crippen molar-refractivity contribution < 1.29 is 0 Å². The molecule has 2 nitrogen and oxygen atoms in total. The molecule has 3 heteroatoms. The zero-order chi connectivity index (χ0) is 19.3. The maximum absolute atomic E-state index is 4.57. The fraction of sp³-hybridized carbons (Fsp3) is 0.565. The summed E-state index contributed by atoms with van der Waals surface area (Å²) in [5, 5.41) is 0. The summed E-state index contributed by atoms with van der Waals surface area (Å²) in [6.07, 6.45) is 5.41. The lowest BCUT2D eigenvalue weighted by molar-refractivity contribution is 0.660. The Bertz CT molecular complexity index is 666. The molecule has 0 aliphatic rings. The predicted octanol–water partition coefficient (Wildman–Crippen LogP) is 6.54. The minimum Gasteiger partial charge on any atom is -0.261 e. The van der Waals surface area contributed by atoms with Crippen LogP contribution in [0.4, 0.5) is 0 Å². The van der Waals surface area contributed by atoms with Gasteiger partial charge >= 0.3 is 0 Å². The van der Waals surface area contributed by atoms with E-state index in [-0.39, 0.29) is 0 Å². The topological polar surface area (TPSA) is 25.8 Å². The molecule has 0 aliphatic heterocycles. The van der Waals surface area contributed by atoms with Gasteiger partial charge in [0.25, 0.3) is 0 Å².